The zero-order chi connectivity index (χ0) is 24.3. The molecule has 5 aromatic carbocycles. The zero-order valence-electron chi connectivity index (χ0n) is 19.0. The summed E-state index contributed by atoms with van der Waals surface area (Å²) in [6.45, 7) is 0. The average Bonchev–Trinajstić information content (AvgIpc) is 2.91. The van der Waals surface area contributed by atoms with Crippen molar-refractivity contribution >= 4 is 6.16 Å². The van der Waals surface area contributed by atoms with Crippen molar-refractivity contribution in [1.82, 2.24) is 0 Å². The Kier molecular flexibility index (Phi) is 7.91. The third kappa shape index (κ3) is 6.59. The van der Waals surface area contributed by atoms with Crippen molar-refractivity contribution in [3.8, 4) is 39.5 Å². The molecule has 0 amide bonds. The van der Waals surface area contributed by atoms with Crippen LogP contribution in [0.15, 0.2) is 140 Å². The van der Waals surface area contributed by atoms with E-state index in [0.717, 1.165) is 22.3 Å². The molecule has 0 saturated heterocycles. The Bertz CT molecular complexity index is 1290. The molecule has 0 saturated carbocycles. The van der Waals surface area contributed by atoms with Gasteiger partial charge in [0.2, 0.25) is 0 Å². The fraction of sp³-hybridized carbons (Fsp3) is 0. The van der Waals surface area contributed by atoms with Crippen LogP contribution >= 0.6 is 0 Å². The zero-order valence-corrected chi connectivity index (χ0v) is 19.0. The highest BCUT2D eigenvalue weighted by molar-refractivity contribution is 5.87. The third-order valence-corrected chi connectivity index (χ3v) is 5.08. The van der Waals surface area contributed by atoms with Crippen molar-refractivity contribution in [3.05, 3.63) is 140 Å². The molecular weight excluding hydrogens is 436 g/mol. The minimum Gasteiger partial charge on any atom is -0.507 e. The molecule has 5 rings (SSSR count). The van der Waals surface area contributed by atoms with Gasteiger partial charge in [-0.1, -0.05) is 109 Å². The van der Waals surface area contributed by atoms with Crippen LogP contribution in [0.5, 0.6) is 17.2 Å². The Morgan fingerprint density at radius 1 is 0.486 bits per heavy atom. The fourth-order valence-corrected chi connectivity index (χ4v) is 3.50. The summed E-state index contributed by atoms with van der Waals surface area (Å²) in [5.41, 5.74) is 4.07. The summed E-state index contributed by atoms with van der Waals surface area (Å²) in [6.07, 6.45) is -0.739. The molecule has 0 atom stereocenters. The number of rotatable bonds is 4. The van der Waals surface area contributed by atoms with Crippen molar-refractivity contribution in [2.75, 3.05) is 0 Å². The number of hydrogen-bond donors (Lipinski definition) is 1. The molecule has 0 aliphatic rings. The van der Waals surface area contributed by atoms with Crippen molar-refractivity contribution in [1.29, 1.82) is 0 Å². The largest absolute Gasteiger partial charge is 0.519 e. The molecule has 0 unspecified atom stereocenters. The van der Waals surface area contributed by atoms with E-state index in [-0.39, 0.29) is 0 Å². The molecule has 35 heavy (non-hydrogen) atoms. The van der Waals surface area contributed by atoms with Crippen LogP contribution < -0.4 is 9.47 Å². The molecule has 4 heteroatoms. The van der Waals surface area contributed by atoms with Crippen LogP contribution in [-0.2, 0) is 0 Å². The lowest BCUT2D eigenvalue weighted by Gasteiger charge is -2.12. The molecule has 1 N–H and O–H groups in total. The van der Waals surface area contributed by atoms with Crippen LogP contribution in [0.4, 0.5) is 4.79 Å². The van der Waals surface area contributed by atoms with Crippen LogP contribution in [0.3, 0.4) is 0 Å². The molecule has 0 heterocycles. The number of para-hydroxylation sites is 2. The average molecular weight is 461 g/mol. The first-order valence-corrected chi connectivity index (χ1v) is 11.1. The van der Waals surface area contributed by atoms with E-state index < -0.39 is 6.16 Å². The van der Waals surface area contributed by atoms with E-state index in [0.29, 0.717) is 17.2 Å². The Hall–Kier alpha value is -4.83. The van der Waals surface area contributed by atoms with Crippen LogP contribution in [0.2, 0.25) is 0 Å². The maximum atomic E-state index is 11.3. The first-order chi connectivity index (χ1) is 17.2. The van der Waals surface area contributed by atoms with Crippen LogP contribution in [0.25, 0.3) is 22.3 Å². The second-order valence-electron chi connectivity index (χ2n) is 7.51. The van der Waals surface area contributed by atoms with Gasteiger partial charge in [-0.2, -0.15) is 0 Å². The van der Waals surface area contributed by atoms with Crippen molar-refractivity contribution in [2.45, 2.75) is 0 Å². The topological polar surface area (TPSA) is 55.8 Å². The highest BCUT2D eigenvalue weighted by Gasteiger charge is 2.11. The van der Waals surface area contributed by atoms with Gasteiger partial charge in [0.05, 0.1) is 0 Å². The molecule has 0 spiro atoms. The third-order valence-electron chi connectivity index (χ3n) is 5.08. The number of aromatic hydroxyl groups is 1. The summed E-state index contributed by atoms with van der Waals surface area (Å²) in [7, 11) is 0. The van der Waals surface area contributed by atoms with Gasteiger partial charge in [-0.25, -0.2) is 4.79 Å². The van der Waals surface area contributed by atoms with Crippen LogP contribution in [0, 0.1) is 0 Å². The summed E-state index contributed by atoms with van der Waals surface area (Å²) >= 11 is 0. The van der Waals surface area contributed by atoms with Gasteiger partial charge in [-0.05, 0) is 47.0 Å². The smallest absolute Gasteiger partial charge is 0.507 e. The number of ether oxygens (including phenoxy) is 2. The van der Waals surface area contributed by atoms with E-state index in [4.69, 9.17) is 9.47 Å². The van der Waals surface area contributed by atoms with Crippen LogP contribution in [-0.4, -0.2) is 11.3 Å². The maximum absolute atomic E-state index is 11.3. The van der Waals surface area contributed by atoms with E-state index in [1.54, 1.807) is 54.6 Å². The molecule has 0 aliphatic heterocycles. The molecule has 0 bridgehead atoms. The predicted molar refractivity (Wildman–Crippen MR) is 139 cm³/mol. The van der Waals surface area contributed by atoms with Gasteiger partial charge >= 0.3 is 6.16 Å². The van der Waals surface area contributed by atoms with Gasteiger partial charge in [0.1, 0.15) is 17.2 Å². The Labute approximate surface area is 204 Å². The SMILES string of the molecule is O=C(Oc1ccccc1)Oc1ccccc1.Oc1cccc(-c2ccccc2)c1-c1ccccc1. The van der Waals surface area contributed by atoms with Crippen molar-refractivity contribution < 1.29 is 19.4 Å². The summed E-state index contributed by atoms with van der Waals surface area (Å²) in [4.78, 5) is 11.3. The number of phenolic OH excluding ortho intramolecular Hbond substituents is 1. The van der Waals surface area contributed by atoms with Gasteiger partial charge in [0.25, 0.3) is 0 Å². The van der Waals surface area contributed by atoms with E-state index in [2.05, 4.69) is 12.1 Å². The highest BCUT2D eigenvalue weighted by atomic mass is 16.7. The Morgan fingerprint density at radius 2 is 0.914 bits per heavy atom. The van der Waals surface area contributed by atoms with E-state index >= 15 is 0 Å². The molecule has 0 aromatic heterocycles. The predicted octanol–water partition coefficient (Wildman–Crippen LogP) is 7.99. The normalized spacial score (nSPS) is 9.94. The first-order valence-electron chi connectivity index (χ1n) is 11.1. The Morgan fingerprint density at radius 3 is 1.40 bits per heavy atom. The quantitative estimate of drug-likeness (QED) is 0.218. The van der Waals surface area contributed by atoms with Gasteiger partial charge in [0, 0.05) is 5.56 Å². The lowest BCUT2D eigenvalue weighted by molar-refractivity contribution is 0.152. The summed E-state index contributed by atoms with van der Waals surface area (Å²) in [6, 6.07) is 43.3. The van der Waals surface area contributed by atoms with E-state index in [9.17, 15) is 9.90 Å². The van der Waals surface area contributed by atoms with Gasteiger partial charge in [0.15, 0.2) is 0 Å². The van der Waals surface area contributed by atoms with E-state index in [1.165, 1.54) is 0 Å². The molecule has 172 valence electrons. The molecule has 0 radical (unpaired) electrons. The molecule has 5 aromatic rings. The van der Waals surface area contributed by atoms with Crippen molar-refractivity contribution in [3.63, 3.8) is 0 Å². The summed E-state index contributed by atoms with van der Waals surface area (Å²) < 4.78 is 9.91. The minimum absolute atomic E-state index is 0.313. The standard InChI is InChI=1S/C18H14O.C13H10O3/c19-17-13-7-12-16(14-8-3-1-4-9-14)18(17)15-10-5-2-6-11-15;14-13(15-11-7-3-1-4-8-11)16-12-9-5-2-6-10-12/h1-13,19H;1-10H. The number of carbonyl (C=O) groups excluding carboxylic acids is 1. The number of phenols is 1. The molecule has 4 nitrogen and oxygen atoms in total. The monoisotopic (exact) mass is 460 g/mol. The number of carbonyl (C=O) groups is 1. The number of benzene rings is 5. The molecule has 0 fully saturated rings. The summed E-state index contributed by atoms with van der Waals surface area (Å²) in [5, 5.41) is 10.2. The van der Waals surface area contributed by atoms with E-state index in [1.807, 2.05) is 72.8 Å². The van der Waals surface area contributed by atoms with Gasteiger partial charge < -0.3 is 14.6 Å². The highest BCUT2D eigenvalue weighted by Crippen LogP contribution is 2.38. The minimum atomic E-state index is -0.739. The fourth-order valence-electron chi connectivity index (χ4n) is 3.50. The second-order valence-corrected chi connectivity index (χ2v) is 7.51. The second kappa shape index (κ2) is 11.9. The lowest BCUT2D eigenvalue weighted by atomic mass is 9.94. The lowest BCUT2D eigenvalue weighted by Crippen LogP contribution is -2.13. The van der Waals surface area contributed by atoms with Crippen molar-refractivity contribution in [2.24, 2.45) is 0 Å². The molecule has 0 aliphatic carbocycles. The van der Waals surface area contributed by atoms with Gasteiger partial charge in [-0.3, -0.25) is 0 Å². The number of hydrogen-bond acceptors (Lipinski definition) is 4. The Balaban J connectivity index is 0.000000168. The maximum Gasteiger partial charge on any atom is 0.519 e. The van der Waals surface area contributed by atoms with Gasteiger partial charge in [-0.15, -0.1) is 0 Å². The molecular formula is C31H24O4. The first kappa shape index (κ1) is 23.3. The summed E-state index contributed by atoms with van der Waals surface area (Å²) in [5.74, 6) is 1.24. The van der Waals surface area contributed by atoms with Crippen LogP contribution in [0.1, 0.15) is 0 Å².